The minimum Gasteiger partial charge on any atom is -0.478 e. The van der Waals surface area contributed by atoms with Crippen LogP contribution in [0.4, 0.5) is 0 Å². The van der Waals surface area contributed by atoms with Gasteiger partial charge in [-0.05, 0) is 18.1 Å². The van der Waals surface area contributed by atoms with Crippen LogP contribution in [0.15, 0.2) is 71.1 Å². The minimum atomic E-state index is -1.30. The Bertz CT molecular complexity index is 1230. The number of ether oxygens (including phenoxy) is 1. The number of amides is 2. The number of allylic oxidation sites excluding steroid dienone is 3. The Kier molecular flexibility index (Phi) is 6.90. The highest BCUT2D eigenvalue weighted by Crippen LogP contribution is 2.41. The molecule has 182 valence electrons. The Balaban J connectivity index is 1.54. The third-order valence-corrected chi connectivity index (χ3v) is 6.62. The molecule has 1 aromatic rings. The molecule has 35 heavy (non-hydrogen) atoms. The Hall–Kier alpha value is -3.69. The predicted octanol–water partition coefficient (Wildman–Crippen LogP) is 2.56. The van der Waals surface area contributed by atoms with Crippen molar-refractivity contribution in [1.82, 2.24) is 9.80 Å². The zero-order chi connectivity index (χ0) is 25.3. The summed E-state index contributed by atoms with van der Waals surface area (Å²) >= 11 is 6.30. The zero-order valence-corrected chi connectivity index (χ0v) is 19.6. The second-order valence-electron chi connectivity index (χ2n) is 8.31. The largest absolute Gasteiger partial charge is 0.478 e. The number of carboxylic acids is 2. The summed E-state index contributed by atoms with van der Waals surface area (Å²) < 4.78 is 5.69. The van der Waals surface area contributed by atoms with E-state index in [1.54, 1.807) is 36.4 Å². The number of hydrogen-bond donors (Lipinski definition) is 2. The standard InChI is InChI=1S/C25H23ClN2O7/c1-27-12-17(24(31)32)20(16-8-4-5-9-18(16)26)21(25(33)34)19(27)13-35-11-10-28-22(29)14-6-2-3-7-15(14)23(28)30/h2-6,8-9,12,15,20H,7,10-11,13H2,1H3,(H,31,32)(H,33,34). The molecule has 2 unspecified atom stereocenters. The Morgan fingerprint density at radius 2 is 1.91 bits per heavy atom. The van der Waals surface area contributed by atoms with Crippen LogP contribution in [0.3, 0.4) is 0 Å². The molecule has 2 N–H and O–H groups in total. The molecule has 0 aromatic heterocycles. The van der Waals surface area contributed by atoms with Gasteiger partial charge in [-0.3, -0.25) is 14.5 Å². The number of nitrogens with zero attached hydrogens (tertiary/aromatic N) is 2. The van der Waals surface area contributed by atoms with Gasteiger partial charge in [-0.1, -0.05) is 48.0 Å². The number of halogens is 1. The molecule has 2 aliphatic heterocycles. The molecule has 10 heteroatoms. The lowest BCUT2D eigenvalue weighted by molar-refractivity contribution is -0.140. The molecule has 1 aliphatic carbocycles. The van der Waals surface area contributed by atoms with E-state index in [0.717, 1.165) is 4.90 Å². The summed E-state index contributed by atoms with van der Waals surface area (Å²) in [5, 5.41) is 20.1. The van der Waals surface area contributed by atoms with E-state index in [-0.39, 0.29) is 53.4 Å². The van der Waals surface area contributed by atoms with Crippen LogP contribution < -0.4 is 0 Å². The van der Waals surface area contributed by atoms with Gasteiger partial charge in [-0.15, -0.1) is 0 Å². The van der Waals surface area contributed by atoms with Crippen molar-refractivity contribution in [3.05, 3.63) is 81.7 Å². The first-order chi connectivity index (χ1) is 16.7. The number of imide groups is 1. The van der Waals surface area contributed by atoms with Crippen molar-refractivity contribution in [3.8, 4) is 0 Å². The number of carboxylic acid groups (broad SMARTS) is 2. The van der Waals surface area contributed by atoms with Crippen LogP contribution in [0.5, 0.6) is 0 Å². The van der Waals surface area contributed by atoms with Gasteiger partial charge in [0.1, 0.15) is 0 Å². The van der Waals surface area contributed by atoms with Gasteiger partial charge in [0.25, 0.3) is 5.91 Å². The highest BCUT2D eigenvalue weighted by molar-refractivity contribution is 6.31. The van der Waals surface area contributed by atoms with Gasteiger partial charge in [-0.25, -0.2) is 9.59 Å². The molecule has 1 aromatic carbocycles. The van der Waals surface area contributed by atoms with Crippen molar-refractivity contribution in [3.63, 3.8) is 0 Å². The summed E-state index contributed by atoms with van der Waals surface area (Å²) in [4.78, 5) is 52.0. The second-order valence-corrected chi connectivity index (χ2v) is 8.71. The zero-order valence-electron chi connectivity index (χ0n) is 18.8. The summed E-state index contributed by atoms with van der Waals surface area (Å²) in [5.41, 5.74) is 0.750. The molecule has 1 fully saturated rings. The summed E-state index contributed by atoms with van der Waals surface area (Å²) in [5.74, 6) is -4.77. The van der Waals surface area contributed by atoms with Crippen LogP contribution in [0.1, 0.15) is 17.9 Å². The lowest BCUT2D eigenvalue weighted by Crippen LogP contribution is -2.35. The van der Waals surface area contributed by atoms with Gasteiger partial charge in [0, 0.05) is 23.8 Å². The van der Waals surface area contributed by atoms with Crippen molar-refractivity contribution in [1.29, 1.82) is 0 Å². The number of fused-ring (bicyclic) bond motifs is 1. The summed E-state index contributed by atoms with van der Waals surface area (Å²) in [6.07, 6.45) is 7.07. The van der Waals surface area contributed by atoms with E-state index in [0.29, 0.717) is 17.6 Å². The van der Waals surface area contributed by atoms with Crippen molar-refractivity contribution in [2.75, 3.05) is 26.8 Å². The number of carbonyl (C=O) groups is 4. The van der Waals surface area contributed by atoms with Crippen LogP contribution in [0.25, 0.3) is 0 Å². The fourth-order valence-corrected chi connectivity index (χ4v) is 4.82. The highest BCUT2D eigenvalue weighted by atomic mass is 35.5. The third-order valence-electron chi connectivity index (χ3n) is 6.28. The lowest BCUT2D eigenvalue weighted by atomic mass is 9.81. The Morgan fingerprint density at radius 3 is 2.57 bits per heavy atom. The SMILES string of the molecule is CN1C=C(C(=O)O)C(c2ccccc2Cl)C(C(=O)O)=C1COCCN1C(=O)C2=CC=CCC2C1=O. The number of hydrogen-bond acceptors (Lipinski definition) is 6. The van der Waals surface area contributed by atoms with Gasteiger partial charge in [0.15, 0.2) is 0 Å². The maximum absolute atomic E-state index is 12.6. The molecule has 2 heterocycles. The Labute approximate surface area is 206 Å². The lowest BCUT2D eigenvalue weighted by Gasteiger charge is -2.32. The van der Waals surface area contributed by atoms with E-state index in [2.05, 4.69) is 0 Å². The van der Waals surface area contributed by atoms with Gasteiger partial charge >= 0.3 is 11.9 Å². The molecule has 0 spiro atoms. The first-order valence-electron chi connectivity index (χ1n) is 10.9. The van der Waals surface area contributed by atoms with E-state index in [4.69, 9.17) is 16.3 Å². The van der Waals surface area contributed by atoms with Crippen LogP contribution >= 0.6 is 11.6 Å². The van der Waals surface area contributed by atoms with Gasteiger partial charge < -0.3 is 19.8 Å². The quantitative estimate of drug-likeness (QED) is 0.414. The van der Waals surface area contributed by atoms with E-state index < -0.39 is 23.8 Å². The van der Waals surface area contributed by atoms with Crippen molar-refractivity contribution in [2.45, 2.75) is 12.3 Å². The average Bonchev–Trinajstić information content (AvgIpc) is 3.07. The minimum absolute atomic E-state index is 0.0125. The number of benzene rings is 1. The number of carbonyl (C=O) groups excluding carboxylic acids is 2. The molecule has 4 rings (SSSR count). The molecule has 3 aliphatic rings. The van der Waals surface area contributed by atoms with E-state index >= 15 is 0 Å². The van der Waals surface area contributed by atoms with Crippen LogP contribution in [-0.4, -0.2) is 70.6 Å². The number of likely N-dealkylation sites (N-methyl/N-ethyl adjacent to an activating group) is 1. The first kappa shape index (κ1) is 24.4. The Morgan fingerprint density at radius 1 is 1.17 bits per heavy atom. The number of aliphatic carboxylic acids is 2. The van der Waals surface area contributed by atoms with Crippen molar-refractivity contribution < 1.29 is 34.1 Å². The number of likely N-dealkylation sites (tertiary alicyclic amines) is 1. The molecule has 0 radical (unpaired) electrons. The molecular weight excluding hydrogens is 476 g/mol. The maximum atomic E-state index is 12.6. The van der Waals surface area contributed by atoms with Crippen LogP contribution in [-0.2, 0) is 23.9 Å². The molecule has 2 amide bonds. The first-order valence-corrected chi connectivity index (χ1v) is 11.3. The van der Waals surface area contributed by atoms with Crippen molar-refractivity contribution in [2.24, 2.45) is 5.92 Å². The predicted molar refractivity (Wildman–Crippen MR) is 125 cm³/mol. The fourth-order valence-electron chi connectivity index (χ4n) is 4.57. The van der Waals surface area contributed by atoms with Crippen LogP contribution in [0, 0.1) is 5.92 Å². The van der Waals surface area contributed by atoms with E-state index in [9.17, 15) is 29.4 Å². The topological polar surface area (TPSA) is 124 Å². The number of rotatable bonds is 8. The molecule has 0 bridgehead atoms. The maximum Gasteiger partial charge on any atom is 0.334 e. The normalized spacial score (nSPS) is 21.8. The third kappa shape index (κ3) is 4.52. The van der Waals surface area contributed by atoms with E-state index in [1.165, 1.54) is 18.1 Å². The summed E-state index contributed by atoms with van der Waals surface area (Å²) in [6, 6.07) is 6.48. The van der Waals surface area contributed by atoms with Gasteiger partial charge in [0.05, 0.1) is 48.4 Å². The van der Waals surface area contributed by atoms with Crippen molar-refractivity contribution >= 4 is 35.4 Å². The van der Waals surface area contributed by atoms with Crippen LogP contribution in [0.2, 0.25) is 5.02 Å². The average molecular weight is 499 g/mol. The molecule has 9 nitrogen and oxygen atoms in total. The van der Waals surface area contributed by atoms with Gasteiger partial charge in [0.2, 0.25) is 5.91 Å². The fraction of sp³-hybridized carbons (Fsp3) is 0.280. The monoisotopic (exact) mass is 498 g/mol. The summed E-state index contributed by atoms with van der Waals surface area (Å²) in [7, 11) is 1.53. The van der Waals surface area contributed by atoms with Gasteiger partial charge in [-0.2, -0.15) is 0 Å². The molecule has 2 atom stereocenters. The summed E-state index contributed by atoms with van der Waals surface area (Å²) in [6.45, 7) is -0.164. The second kappa shape index (κ2) is 9.89. The smallest absolute Gasteiger partial charge is 0.334 e. The highest BCUT2D eigenvalue weighted by Gasteiger charge is 2.43. The molecule has 1 saturated heterocycles. The molecule has 0 saturated carbocycles. The van der Waals surface area contributed by atoms with E-state index in [1.807, 2.05) is 6.08 Å². The molecular formula is C25H23ClN2O7.